The van der Waals surface area contributed by atoms with Crippen LogP contribution in [0.1, 0.15) is 56.9 Å². The van der Waals surface area contributed by atoms with Crippen LogP contribution in [0.5, 0.6) is 0 Å². The predicted octanol–water partition coefficient (Wildman–Crippen LogP) is 5.63. The van der Waals surface area contributed by atoms with Crippen molar-refractivity contribution in [1.82, 2.24) is 0 Å². The van der Waals surface area contributed by atoms with E-state index < -0.39 is 0 Å². The molecule has 0 unspecified atom stereocenters. The number of rotatable bonds is 5. The van der Waals surface area contributed by atoms with Gasteiger partial charge < -0.3 is 0 Å². The summed E-state index contributed by atoms with van der Waals surface area (Å²) >= 11 is 5.87. The Hall–Kier alpha value is -0.490. The second-order valence-electron chi connectivity index (χ2n) is 5.38. The first kappa shape index (κ1) is 13.0. The van der Waals surface area contributed by atoms with Crippen LogP contribution in [0.4, 0.5) is 0 Å². The lowest BCUT2D eigenvalue weighted by atomic mass is 9.85. The highest BCUT2D eigenvalue weighted by molar-refractivity contribution is 6.30. The minimum atomic E-state index is 0.843. The van der Waals surface area contributed by atoms with Gasteiger partial charge in [0.1, 0.15) is 0 Å². The largest absolute Gasteiger partial charge is 0.0843 e. The molecule has 0 aromatic heterocycles. The maximum absolute atomic E-state index is 5.87. The summed E-state index contributed by atoms with van der Waals surface area (Å²) < 4.78 is 0. The van der Waals surface area contributed by atoms with E-state index in [0.717, 1.165) is 10.9 Å². The Kier molecular flexibility index (Phi) is 5.38. The van der Waals surface area contributed by atoms with Crippen LogP contribution in [0.3, 0.4) is 0 Å². The molecular formula is C16H23Cl. The average Bonchev–Trinajstić information content (AvgIpc) is 2.38. The molecule has 0 radical (unpaired) electrons. The first-order valence-corrected chi connectivity index (χ1v) is 7.47. The Balaban J connectivity index is 1.60. The van der Waals surface area contributed by atoms with Crippen LogP contribution in [-0.4, -0.2) is 0 Å². The lowest BCUT2D eigenvalue weighted by Gasteiger charge is -2.21. The van der Waals surface area contributed by atoms with Crippen LogP contribution < -0.4 is 0 Å². The quantitative estimate of drug-likeness (QED) is 0.594. The Morgan fingerprint density at radius 3 is 2.35 bits per heavy atom. The molecule has 1 heteroatoms. The number of unbranched alkanes of at least 4 members (excludes halogenated alkanes) is 1. The highest BCUT2D eigenvalue weighted by Gasteiger charge is 2.12. The van der Waals surface area contributed by atoms with Crippen LogP contribution in [-0.2, 0) is 6.42 Å². The van der Waals surface area contributed by atoms with Gasteiger partial charge in [-0.1, -0.05) is 68.7 Å². The van der Waals surface area contributed by atoms with E-state index in [1.54, 1.807) is 0 Å². The Bertz CT molecular complexity index is 309. The number of benzene rings is 1. The normalized spacial score (nSPS) is 17.2. The fourth-order valence-corrected chi connectivity index (χ4v) is 3.02. The van der Waals surface area contributed by atoms with Crippen molar-refractivity contribution in [3.63, 3.8) is 0 Å². The van der Waals surface area contributed by atoms with E-state index in [1.165, 1.54) is 63.4 Å². The molecule has 0 spiro atoms. The Morgan fingerprint density at radius 2 is 1.65 bits per heavy atom. The maximum atomic E-state index is 5.87. The summed E-state index contributed by atoms with van der Waals surface area (Å²) in [7, 11) is 0. The number of aryl methyl sites for hydroxylation is 1. The summed E-state index contributed by atoms with van der Waals surface area (Å²) in [6.07, 6.45) is 12.8. The maximum Gasteiger partial charge on any atom is 0.0406 e. The molecule has 1 saturated carbocycles. The van der Waals surface area contributed by atoms with E-state index in [-0.39, 0.29) is 0 Å². The molecule has 0 atom stereocenters. The average molecular weight is 251 g/mol. The van der Waals surface area contributed by atoms with E-state index in [9.17, 15) is 0 Å². The molecule has 1 aliphatic carbocycles. The molecule has 1 aromatic rings. The molecule has 0 N–H and O–H groups in total. The minimum Gasteiger partial charge on any atom is -0.0843 e. The van der Waals surface area contributed by atoms with Crippen LogP contribution in [0.25, 0.3) is 0 Å². The summed E-state index contributed by atoms with van der Waals surface area (Å²) in [5.74, 6) is 1.04. The first-order chi connectivity index (χ1) is 8.34. The van der Waals surface area contributed by atoms with Crippen molar-refractivity contribution in [1.29, 1.82) is 0 Å². The highest BCUT2D eigenvalue weighted by atomic mass is 35.5. The number of hydrogen-bond acceptors (Lipinski definition) is 0. The molecular weight excluding hydrogens is 228 g/mol. The van der Waals surface area contributed by atoms with Crippen LogP contribution >= 0.6 is 11.6 Å². The highest BCUT2D eigenvalue weighted by Crippen LogP contribution is 2.27. The van der Waals surface area contributed by atoms with Gasteiger partial charge in [-0.15, -0.1) is 0 Å². The topological polar surface area (TPSA) is 0 Å². The van der Waals surface area contributed by atoms with Crippen molar-refractivity contribution in [2.45, 2.75) is 57.8 Å². The second kappa shape index (κ2) is 7.06. The first-order valence-electron chi connectivity index (χ1n) is 7.09. The van der Waals surface area contributed by atoms with Crippen molar-refractivity contribution in [3.8, 4) is 0 Å². The zero-order valence-electron chi connectivity index (χ0n) is 10.6. The fraction of sp³-hybridized carbons (Fsp3) is 0.625. The number of hydrogen-bond donors (Lipinski definition) is 0. The van der Waals surface area contributed by atoms with Gasteiger partial charge in [0.15, 0.2) is 0 Å². The second-order valence-corrected chi connectivity index (χ2v) is 5.81. The van der Waals surface area contributed by atoms with E-state index in [2.05, 4.69) is 12.1 Å². The number of halogens is 1. The SMILES string of the molecule is Clc1ccc(CCCCC2CCCCC2)cc1. The van der Waals surface area contributed by atoms with E-state index >= 15 is 0 Å². The molecule has 0 saturated heterocycles. The van der Waals surface area contributed by atoms with Gasteiger partial charge in [0.05, 0.1) is 0 Å². The van der Waals surface area contributed by atoms with E-state index in [4.69, 9.17) is 11.6 Å². The van der Waals surface area contributed by atoms with Crippen LogP contribution in [0.2, 0.25) is 5.02 Å². The summed E-state index contributed by atoms with van der Waals surface area (Å²) in [5.41, 5.74) is 1.43. The van der Waals surface area contributed by atoms with E-state index in [0.29, 0.717) is 0 Å². The van der Waals surface area contributed by atoms with Crippen molar-refractivity contribution in [2.75, 3.05) is 0 Å². The standard InChI is InChI=1S/C16H23Cl/c17-16-12-10-15(11-13-16)9-5-4-8-14-6-2-1-3-7-14/h10-14H,1-9H2. The van der Waals surface area contributed by atoms with Gasteiger partial charge in [0.2, 0.25) is 0 Å². The zero-order chi connectivity index (χ0) is 11.9. The molecule has 1 aliphatic rings. The molecule has 0 nitrogen and oxygen atoms in total. The van der Waals surface area contributed by atoms with Crippen LogP contribution in [0.15, 0.2) is 24.3 Å². The van der Waals surface area contributed by atoms with Crippen molar-refractivity contribution in [2.24, 2.45) is 5.92 Å². The lowest BCUT2D eigenvalue weighted by molar-refractivity contribution is 0.330. The molecule has 1 aromatic carbocycles. The smallest absolute Gasteiger partial charge is 0.0406 e. The lowest BCUT2D eigenvalue weighted by Crippen LogP contribution is -2.05. The monoisotopic (exact) mass is 250 g/mol. The van der Waals surface area contributed by atoms with Gasteiger partial charge in [0.25, 0.3) is 0 Å². The van der Waals surface area contributed by atoms with Crippen molar-refractivity contribution < 1.29 is 0 Å². The van der Waals surface area contributed by atoms with Crippen molar-refractivity contribution >= 4 is 11.6 Å². The Morgan fingerprint density at radius 1 is 0.941 bits per heavy atom. The molecule has 0 amide bonds. The molecule has 1 fully saturated rings. The Labute approximate surface area is 110 Å². The van der Waals surface area contributed by atoms with Gasteiger partial charge in [-0.3, -0.25) is 0 Å². The van der Waals surface area contributed by atoms with Gasteiger partial charge in [-0.2, -0.15) is 0 Å². The molecule has 0 aliphatic heterocycles. The zero-order valence-corrected chi connectivity index (χ0v) is 11.4. The molecule has 94 valence electrons. The molecule has 2 rings (SSSR count). The predicted molar refractivity (Wildman–Crippen MR) is 75.6 cm³/mol. The molecule has 17 heavy (non-hydrogen) atoms. The van der Waals surface area contributed by atoms with Gasteiger partial charge in [0, 0.05) is 5.02 Å². The third-order valence-electron chi connectivity index (χ3n) is 3.97. The van der Waals surface area contributed by atoms with Gasteiger partial charge in [-0.25, -0.2) is 0 Å². The summed E-state index contributed by atoms with van der Waals surface area (Å²) in [5, 5.41) is 0.843. The fourth-order valence-electron chi connectivity index (χ4n) is 2.89. The summed E-state index contributed by atoms with van der Waals surface area (Å²) in [6, 6.07) is 8.31. The van der Waals surface area contributed by atoms with Gasteiger partial charge >= 0.3 is 0 Å². The molecule has 0 bridgehead atoms. The summed E-state index contributed by atoms with van der Waals surface area (Å²) in [4.78, 5) is 0. The van der Waals surface area contributed by atoms with Crippen molar-refractivity contribution in [3.05, 3.63) is 34.9 Å². The van der Waals surface area contributed by atoms with Crippen LogP contribution in [0, 0.1) is 5.92 Å². The van der Waals surface area contributed by atoms with Gasteiger partial charge in [-0.05, 0) is 36.5 Å². The summed E-state index contributed by atoms with van der Waals surface area (Å²) in [6.45, 7) is 0. The minimum absolute atomic E-state index is 0.843. The van der Waals surface area contributed by atoms with E-state index in [1.807, 2.05) is 12.1 Å². The third-order valence-corrected chi connectivity index (χ3v) is 4.22. The third kappa shape index (κ3) is 4.71. The molecule has 0 heterocycles.